The number of rotatable bonds is 36. The molecule has 0 saturated heterocycles. The Morgan fingerprint density at radius 3 is 1.38 bits per heavy atom. The second kappa shape index (κ2) is 34.8. The molecule has 0 fully saturated rings. The average molecular weight is 922 g/mol. The van der Waals surface area contributed by atoms with Crippen LogP contribution in [0.1, 0.15) is 150 Å². The zero-order chi connectivity index (χ0) is 48.2. The van der Waals surface area contributed by atoms with Crippen LogP contribution in [0.5, 0.6) is 0 Å². The summed E-state index contributed by atoms with van der Waals surface area (Å²) in [7, 11) is 0. The van der Waals surface area contributed by atoms with Crippen LogP contribution in [0.4, 0.5) is 9.59 Å². The molecule has 0 spiro atoms. The van der Waals surface area contributed by atoms with Crippen molar-refractivity contribution in [3.8, 4) is 0 Å². The van der Waals surface area contributed by atoms with E-state index in [-0.39, 0.29) is 69.6 Å². The Labute approximate surface area is 388 Å². The largest absolute Gasteiger partial charge is 0.461 e. The van der Waals surface area contributed by atoms with Crippen molar-refractivity contribution in [2.24, 2.45) is 0 Å². The molecule has 1 aromatic carbocycles. The Bertz CT molecular complexity index is 1420. The predicted octanol–water partition coefficient (Wildman–Crippen LogP) is 6.79. The minimum Gasteiger partial charge on any atom is -0.461 e. The quantitative estimate of drug-likeness (QED) is 0.0267. The Balaban J connectivity index is 2.60. The first kappa shape index (κ1) is 58.5. The summed E-state index contributed by atoms with van der Waals surface area (Å²) >= 11 is 0. The van der Waals surface area contributed by atoms with Crippen LogP contribution in [0.2, 0.25) is 0 Å². The lowest BCUT2D eigenvalue weighted by molar-refractivity contribution is -0.145. The highest BCUT2D eigenvalue weighted by Gasteiger charge is 2.34. The van der Waals surface area contributed by atoms with Gasteiger partial charge in [0.2, 0.25) is 17.7 Å². The highest BCUT2D eigenvalue weighted by molar-refractivity contribution is 5.77. The van der Waals surface area contributed by atoms with Gasteiger partial charge in [0.25, 0.3) is 0 Å². The van der Waals surface area contributed by atoms with Gasteiger partial charge >= 0.3 is 18.2 Å². The zero-order valence-electron chi connectivity index (χ0n) is 40.7. The molecule has 0 saturated carbocycles. The minimum atomic E-state index is -1.08. The van der Waals surface area contributed by atoms with E-state index in [0.29, 0.717) is 71.5 Å². The van der Waals surface area contributed by atoms with Crippen molar-refractivity contribution in [2.45, 2.75) is 168 Å². The number of ether oxygens (including phenoxy) is 6. The van der Waals surface area contributed by atoms with Gasteiger partial charge in [-0.2, -0.15) is 0 Å². The monoisotopic (exact) mass is 922 g/mol. The highest BCUT2D eigenvalue weighted by atomic mass is 16.6. The minimum absolute atomic E-state index is 0.0110. The Morgan fingerprint density at radius 1 is 0.492 bits per heavy atom. The summed E-state index contributed by atoms with van der Waals surface area (Å²) < 4.78 is 33.7. The van der Waals surface area contributed by atoms with Gasteiger partial charge in [0.15, 0.2) is 0 Å². The van der Waals surface area contributed by atoms with Crippen molar-refractivity contribution in [2.75, 3.05) is 65.8 Å². The van der Waals surface area contributed by atoms with Gasteiger partial charge in [0.05, 0.1) is 33.0 Å². The lowest BCUT2D eigenvalue weighted by Gasteiger charge is -2.34. The molecule has 0 bridgehead atoms. The third-order valence-corrected chi connectivity index (χ3v) is 9.30. The van der Waals surface area contributed by atoms with Gasteiger partial charge < -0.3 is 55.0 Å². The Morgan fingerprint density at radius 2 is 0.923 bits per heavy atom. The lowest BCUT2D eigenvalue weighted by Crippen LogP contribution is -2.58. The van der Waals surface area contributed by atoms with Crippen molar-refractivity contribution in [3.63, 3.8) is 0 Å². The van der Waals surface area contributed by atoms with E-state index in [4.69, 9.17) is 28.4 Å². The number of unbranched alkanes of at least 4 members (excludes halogenated alkanes) is 7. The first-order valence-electron chi connectivity index (χ1n) is 23.6. The SMILES string of the molecule is CCCOCC(COCCC(=O)NCCCNC(=O)OC(C)(C)C)(COCCC(=O)NCCCNC(=O)OC(C)(C)C)NC(=O)CCCCCCCCCCC(=O)OCc1ccccc1. The molecule has 0 radical (unpaired) electrons. The van der Waals surface area contributed by atoms with E-state index >= 15 is 0 Å². The topological polar surface area (TPSA) is 218 Å². The van der Waals surface area contributed by atoms with E-state index in [1.807, 2.05) is 37.3 Å². The van der Waals surface area contributed by atoms with Gasteiger partial charge in [0.1, 0.15) is 23.3 Å². The van der Waals surface area contributed by atoms with Gasteiger partial charge in [-0.1, -0.05) is 75.8 Å². The standard InChI is InChI=1S/C48H83N5O12/c1-8-32-60-36-48(37-61-33-26-40(54)49-28-20-30-51-44(58)64-46(2,3)4,38-62-34-27-41(55)50-29-21-31-52-45(59)65-47(5,6)7)53-42(56)24-18-13-11-9-10-12-14-19-25-43(57)63-35-39-22-16-15-17-23-39/h15-17,22-23H,8-14,18-21,24-38H2,1-7H3,(H,49,54)(H,50,55)(H,51,58)(H,52,59)(H,53,56). The number of carbonyl (C=O) groups excluding carboxylic acids is 6. The van der Waals surface area contributed by atoms with Crippen LogP contribution in [0, 0.1) is 0 Å². The fourth-order valence-corrected chi connectivity index (χ4v) is 6.11. The summed E-state index contributed by atoms with van der Waals surface area (Å²) in [6.45, 7) is 15.1. The maximum absolute atomic E-state index is 13.4. The van der Waals surface area contributed by atoms with Crippen molar-refractivity contribution < 1.29 is 57.2 Å². The Hall–Kier alpha value is -4.48. The Kier molecular flexibility index (Phi) is 31.3. The normalized spacial score (nSPS) is 11.6. The maximum Gasteiger partial charge on any atom is 0.407 e. The van der Waals surface area contributed by atoms with E-state index < -0.39 is 28.9 Å². The molecule has 0 atom stereocenters. The molecule has 0 aromatic heterocycles. The molecule has 0 heterocycles. The summed E-state index contributed by atoms with van der Waals surface area (Å²) in [6, 6.07) is 9.65. The van der Waals surface area contributed by atoms with Crippen molar-refractivity contribution in [3.05, 3.63) is 35.9 Å². The van der Waals surface area contributed by atoms with Crippen molar-refractivity contribution >= 4 is 35.9 Å². The molecule has 0 aliphatic carbocycles. The number of esters is 1. The van der Waals surface area contributed by atoms with E-state index in [1.54, 1.807) is 41.5 Å². The number of amides is 5. The van der Waals surface area contributed by atoms with E-state index in [9.17, 15) is 28.8 Å². The molecule has 372 valence electrons. The van der Waals surface area contributed by atoms with Crippen molar-refractivity contribution in [1.82, 2.24) is 26.6 Å². The second-order valence-corrected chi connectivity index (χ2v) is 18.2. The molecule has 5 N–H and O–H groups in total. The summed E-state index contributed by atoms with van der Waals surface area (Å²) in [4.78, 5) is 74.3. The van der Waals surface area contributed by atoms with E-state index in [0.717, 1.165) is 56.9 Å². The van der Waals surface area contributed by atoms with E-state index in [2.05, 4.69) is 26.6 Å². The summed E-state index contributed by atoms with van der Waals surface area (Å²) in [5, 5.41) is 14.1. The number of hydrogen-bond acceptors (Lipinski definition) is 12. The zero-order valence-corrected chi connectivity index (χ0v) is 40.7. The summed E-state index contributed by atoms with van der Waals surface area (Å²) in [5.41, 5.74) is -1.29. The smallest absolute Gasteiger partial charge is 0.407 e. The number of carbonyl (C=O) groups is 6. The number of alkyl carbamates (subject to hydrolysis) is 2. The molecule has 17 heteroatoms. The molecule has 0 unspecified atom stereocenters. The fourth-order valence-electron chi connectivity index (χ4n) is 6.11. The number of hydrogen-bond donors (Lipinski definition) is 5. The lowest BCUT2D eigenvalue weighted by atomic mass is 10.0. The molecule has 5 amide bonds. The summed E-state index contributed by atoms with van der Waals surface area (Å²) in [5.74, 6) is -0.787. The van der Waals surface area contributed by atoms with Crippen LogP contribution in [-0.2, 0) is 54.2 Å². The van der Waals surface area contributed by atoms with Crippen LogP contribution in [0.3, 0.4) is 0 Å². The van der Waals surface area contributed by atoms with E-state index in [1.165, 1.54) is 0 Å². The highest BCUT2D eigenvalue weighted by Crippen LogP contribution is 2.15. The molecule has 0 aliphatic rings. The van der Waals surface area contributed by atoms with Crippen LogP contribution in [0.25, 0.3) is 0 Å². The molecule has 0 aliphatic heterocycles. The first-order valence-corrected chi connectivity index (χ1v) is 23.6. The van der Waals surface area contributed by atoms with Gasteiger partial charge in [-0.15, -0.1) is 0 Å². The first-order chi connectivity index (χ1) is 30.9. The average Bonchev–Trinajstić information content (AvgIpc) is 3.22. The summed E-state index contributed by atoms with van der Waals surface area (Å²) in [6.07, 6.45) is 9.15. The number of nitrogens with one attached hydrogen (secondary N) is 5. The van der Waals surface area contributed by atoms with Crippen LogP contribution in [0.15, 0.2) is 30.3 Å². The third kappa shape index (κ3) is 35.5. The van der Waals surface area contributed by atoms with Crippen molar-refractivity contribution in [1.29, 1.82) is 0 Å². The van der Waals surface area contributed by atoms with Crippen LogP contribution < -0.4 is 26.6 Å². The fraction of sp³-hybridized carbons (Fsp3) is 0.750. The number of benzene rings is 1. The van der Waals surface area contributed by atoms with Gasteiger partial charge in [-0.3, -0.25) is 19.2 Å². The van der Waals surface area contributed by atoms with Gasteiger partial charge in [0, 0.05) is 58.5 Å². The van der Waals surface area contributed by atoms with Crippen LogP contribution in [-0.4, -0.2) is 118 Å². The molecule has 17 nitrogen and oxygen atoms in total. The van der Waals surface area contributed by atoms with Gasteiger partial charge in [-0.25, -0.2) is 9.59 Å². The third-order valence-electron chi connectivity index (χ3n) is 9.30. The second-order valence-electron chi connectivity index (χ2n) is 18.2. The molecule has 1 rings (SSSR count). The predicted molar refractivity (Wildman–Crippen MR) is 249 cm³/mol. The molecule has 65 heavy (non-hydrogen) atoms. The van der Waals surface area contributed by atoms with Gasteiger partial charge in [-0.05, 0) is 79.2 Å². The molecular weight excluding hydrogens is 839 g/mol. The van der Waals surface area contributed by atoms with Crippen LogP contribution >= 0.6 is 0 Å². The molecule has 1 aromatic rings. The maximum atomic E-state index is 13.4. The molecular formula is C48H83N5O12.